The summed E-state index contributed by atoms with van der Waals surface area (Å²) in [6.07, 6.45) is 0. The van der Waals surface area contributed by atoms with Gasteiger partial charge < -0.3 is 11.1 Å². The molecule has 0 atom stereocenters. The van der Waals surface area contributed by atoms with Crippen LogP contribution in [0, 0.1) is 11.7 Å². The fourth-order valence-corrected chi connectivity index (χ4v) is 1.60. The molecule has 0 aliphatic rings. The van der Waals surface area contributed by atoms with E-state index in [-0.39, 0.29) is 4.77 Å². The summed E-state index contributed by atoms with van der Waals surface area (Å²) in [6.45, 7) is 1.92. The summed E-state index contributed by atoms with van der Waals surface area (Å²) in [6, 6.07) is 4.77. The highest BCUT2D eigenvalue weighted by Crippen LogP contribution is 2.20. The van der Waals surface area contributed by atoms with Crippen LogP contribution in [0.5, 0.6) is 0 Å². The number of H-pyrrole nitrogens is 1. The topological polar surface area (TPSA) is 102 Å². The summed E-state index contributed by atoms with van der Waals surface area (Å²) in [7, 11) is 0. The van der Waals surface area contributed by atoms with Gasteiger partial charge >= 0.3 is 6.03 Å². The highest BCUT2D eigenvalue weighted by Gasteiger charge is 2.08. The van der Waals surface area contributed by atoms with Gasteiger partial charge in [-0.1, -0.05) is 16.4 Å². The van der Waals surface area contributed by atoms with Gasteiger partial charge in [-0.3, -0.25) is 0 Å². The van der Waals surface area contributed by atoms with Gasteiger partial charge in [-0.25, -0.2) is 9.48 Å². The quantitative estimate of drug-likeness (QED) is 0.695. The number of nitrogens with one attached hydrogen (secondary N) is 2. The van der Waals surface area contributed by atoms with Crippen molar-refractivity contribution < 1.29 is 4.79 Å². The van der Waals surface area contributed by atoms with E-state index in [0.29, 0.717) is 11.4 Å². The van der Waals surface area contributed by atoms with Crippen molar-refractivity contribution in [2.75, 3.05) is 5.32 Å². The number of aromatic nitrogens is 4. The summed E-state index contributed by atoms with van der Waals surface area (Å²) in [5, 5.41) is 12.4. The Morgan fingerprint density at radius 3 is 2.94 bits per heavy atom. The maximum Gasteiger partial charge on any atom is 0.316 e. The van der Waals surface area contributed by atoms with Crippen molar-refractivity contribution >= 4 is 23.9 Å². The summed E-state index contributed by atoms with van der Waals surface area (Å²) in [5.41, 5.74) is 7.27. The Labute approximate surface area is 102 Å². The molecule has 17 heavy (non-hydrogen) atoms. The number of tetrazole rings is 1. The Kier molecular flexibility index (Phi) is 2.88. The predicted molar refractivity (Wildman–Crippen MR) is 64.5 cm³/mol. The van der Waals surface area contributed by atoms with E-state index < -0.39 is 6.03 Å². The third-order valence-electron chi connectivity index (χ3n) is 2.12. The van der Waals surface area contributed by atoms with Gasteiger partial charge in [0, 0.05) is 0 Å². The van der Waals surface area contributed by atoms with Crippen LogP contribution in [0.1, 0.15) is 5.56 Å². The number of aryl methyl sites for hydroxylation is 1. The van der Waals surface area contributed by atoms with E-state index >= 15 is 0 Å². The fourth-order valence-electron chi connectivity index (χ4n) is 1.42. The van der Waals surface area contributed by atoms with Gasteiger partial charge in [-0.15, -0.1) is 0 Å². The Morgan fingerprint density at radius 1 is 1.59 bits per heavy atom. The lowest BCUT2D eigenvalue weighted by molar-refractivity contribution is 0.259. The molecule has 7 nitrogen and oxygen atoms in total. The first-order valence-corrected chi connectivity index (χ1v) is 5.16. The summed E-state index contributed by atoms with van der Waals surface area (Å²) in [5.74, 6) is 0. The SMILES string of the molecule is Cc1ccc(NC(N)=O)c(-n2[nH]nnc2=S)c1. The van der Waals surface area contributed by atoms with Crippen LogP contribution in [0.25, 0.3) is 5.69 Å². The van der Waals surface area contributed by atoms with E-state index in [1.54, 1.807) is 6.07 Å². The maximum atomic E-state index is 10.9. The molecule has 0 saturated carbocycles. The molecule has 0 spiro atoms. The number of carbonyl (C=O) groups excluding carboxylic acids is 1. The molecule has 2 amide bonds. The van der Waals surface area contributed by atoms with Gasteiger partial charge in [0.05, 0.1) is 11.4 Å². The zero-order valence-corrected chi connectivity index (χ0v) is 9.78. The number of urea groups is 1. The van der Waals surface area contributed by atoms with Crippen LogP contribution in [-0.4, -0.2) is 26.2 Å². The molecule has 4 N–H and O–H groups in total. The molecule has 0 aliphatic carbocycles. The molecular formula is C9H10N6OS. The van der Waals surface area contributed by atoms with Crippen LogP contribution in [0.4, 0.5) is 10.5 Å². The fraction of sp³-hybridized carbons (Fsp3) is 0.111. The van der Waals surface area contributed by atoms with E-state index in [1.807, 2.05) is 19.1 Å². The second-order valence-electron chi connectivity index (χ2n) is 3.43. The van der Waals surface area contributed by atoms with Gasteiger partial charge in [0.1, 0.15) is 0 Å². The van der Waals surface area contributed by atoms with Crippen molar-refractivity contribution in [3.05, 3.63) is 28.5 Å². The minimum atomic E-state index is -0.644. The van der Waals surface area contributed by atoms with Crippen LogP contribution in [-0.2, 0) is 0 Å². The number of rotatable bonds is 2. The smallest absolute Gasteiger partial charge is 0.316 e. The van der Waals surface area contributed by atoms with E-state index in [1.165, 1.54) is 4.68 Å². The molecule has 2 aromatic rings. The zero-order chi connectivity index (χ0) is 12.4. The summed E-state index contributed by atoms with van der Waals surface area (Å²) < 4.78 is 1.75. The number of nitrogens with two attached hydrogens (primary N) is 1. The zero-order valence-electron chi connectivity index (χ0n) is 8.97. The van der Waals surface area contributed by atoms with Crippen molar-refractivity contribution in [1.29, 1.82) is 0 Å². The van der Waals surface area contributed by atoms with Gasteiger partial charge in [-0.2, -0.15) is 5.21 Å². The van der Waals surface area contributed by atoms with Crippen LogP contribution < -0.4 is 11.1 Å². The molecule has 0 unspecified atom stereocenters. The minimum absolute atomic E-state index is 0.267. The highest BCUT2D eigenvalue weighted by molar-refractivity contribution is 7.71. The Hall–Kier alpha value is -2.22. The van der Waals surface area contributed by atoms with Crippen LogP contribution in [0.15, 0.2) is 18.2 Å². The first-order chi connectivity index (χ1) is 8.08. The average molecular weight is 250 g/mol. The molecular weight excluding hydrogens is 240 g/mol. The number of nitrogens with zero attached hydrogens (tertiary/aromatic N) is 3. The largest absolute Gasteiger partial charge is 0.351 e. The van der Waals surface area contributed by atoms with Gasteiger partial charge in [0.15, 0.2) is 0 Å². The minimum Gasteiger partial charge on any atom is -0.351 e. The number of amides is 2. The monoisotopic (exact) mass is 250 g/mol. The number of primary amides is 1. The molecule has 1 aromatic carbocycles. The standard InChI is InChI=1S/C9H10N6OS/c1-5-2-3-6(11-8(10)16)7(4-5)15-9(17)12-13-14-15/h2-4H,1H3,(H3,10,11,16)(H,12,14,17). The van der Waals surface area contributed by atoms with Crippen LogP contribution in [0.3, 0.4) is 0 Å². The lowest BCUT2D eigenvalue weighted by Crippen LogP contribution is -2.20. The van der Waals surface area contributed by atoms with Crippen molar-refractivity contribution in [2.45, 2.75) is 6.92 Å². The van der Waals surface area contributed by atoms with Gasteiger partial charge in [0.2, 0.25) is 4.77 Å². The number of aromatic amines is 1. The Bertz CT molecular complexity index is 616. The lowest BCUT2D eigenvalue weighted by Gasteiger charge is -2.10. The molecule has 0 radical (unpaired) electrons. The first-order valence-electron chi connectivity index (χ1n) is 4.75. The Balaban J connectivity index is 2.58. The highest BCUT2D eigenvalue weighted by atomic mass is 32.1. The molecule has 0 saturated heterocycles. The number of benzene rings is 1. The van der Waals surface area contributed by atoms with E-state index in [0.717, 1.165) is 5.56 Å². The molecule has 0 bridgehead atoms. The summed E-state index contributed by atoms with van der Waals surface area (Å²) >= 11 is 5.00. The van der Waals surface area contributed by atoms with Crippen molar-refractivity contribution in [2.24, 2.45) is 5.73 Å². The van der Waals surface area contributed by atoms with Gasteiger partial charge in [0.25, 0.3) is 0 Å². The van der Waals surface area contributed by atoms with Crippen LogP contribution in [0.2, 0.25) is 0 Å². The second-order valence-corrected chi connectivity index (χ2v) is 3.79. The predicted octanol–water partition coefficient (Wildman–Crippen LogP) is 1.12. The summed E-state index contributed by atoms with van der Waals surface area (Å²) in [4.78, 5) is 10.9. The average Bonchev–Trinajstić information content (AvgIpc) is 2.66. The number of anilines is 1. The van der Waals surface area contributed by atoms with E-state index in [9.17, 15) is 4.79 Å². The Morgan fingerprint density at radius 2 is 2.35 bits per heavy atom. The maximum absolute atomic E-state index is 10.9. The lowest BCUT2D eigenvalue weighted by atomic mass is 10.2. The van der Waals surface area contributed by atoms with E-state index in [2.05, 4.69) is 20.8 Å². The van der Waals surface area contributed by atoms with Crippen molar-refractivity contribution in [3.8, 4) is 5.69 Å². The molecule has 88 valence electrons. The molecule has 2 rings (SSSR count). The third-order valence-corrected chi connectivity index (χ3v) is 2.39. The van der Waals surface area contributed by atoms with Crippen molar-refractivity contribution in [3.63, 3.8) is 0 Å². The van der Waals surface area contributed by atoms with E-state index in [4.69, 9.17) is 18.0 Å². The molecule has 1 heterocycles. The second kappa shape index (κ2) is 4.34. The van der Waals surface area contributed by atoms with Crippen molar-refractivity contribution in [1.82, 2.24) is 20.2 Å². The van der Waals surface area contributed by atoms with Gasteiger partial charge in [-0.05, 0) is 36.8 Å². The molecule has 8 heteroatoms. The number of hydrogen-bond acceptors (Lipinski definition) is 4. The number of carbonyl (C=O) groups is 1. The molecule has 0 fully saturated rings. The normalized spacial score (nSPS) is 10.2. The first kappa shape index (κ1) is 11.3. The molecule has 1 aromatic heterocycles. The third kappa shape index (κ3) is 2.31. The molecule has 0 aliphatic heterocycles. The van der Waals surface area contributed by atoms with Crippen LogP contribution >= 0.6 is 12.2 Å². The number of hydrogen-bond donors (Lipinski definition) is 3.